The average molecular weight is 303 g/mol. The Kier molecular flexibility index (Phi) is 3.26. The van der Waals surface area contributed by atoms with Gasteiger partial charge in [-0.25, -0.2) is 0 Å². The number of anilines is 2. The number of carbonyl (C=O) groups is 1. The van der Waals surface area contributed by atoms with Crippen LogP contribution >= 0.6 is 11.6 Å². The number of aromatic hydroxyl groups is 1. The second-order valence-electron chi connectivity index (χ2n) is 5.21. The summed E-state index contributed by atoms with van der Waals surface area (Å²) in [6, 6.07) is 8.35. The first-order valence-electron chi connectivity index (χ1n) is 6.67. The normalized spacial score (nSPS) is 13.3. The molecule has 2 aromatic carbocycles. The van der Waals surface area contributed by atoms with E-state index in [-0.39, 0.29) is 16.7 Å². The van der Waals surface area contributed by atoms with Crippen LogP contribution in [0.5, 0.6) is 5.75 Å². The Morgan fingerprint density at radius 1 is 1.33 bits per heavy atom. The van der Waals surface area contributed by atoms with Crippen LogP contribution in [0.1, 0.15) is 21.5 Å². The van der Waals surface area contributed by atoms with E-state index < -0.39 is 0 Å². The number of fused-ring (bicyclic) bond motifs is 1. The maximum atomic E-state index is 12.6. The monoisotopic (exact) mass is 302 g/mol. The van der Waals surface area contributed by atoms with Crippen molar-refractivity contribution in [3.63, 3.8) is 0 Å². The van der Waals surface area contributed by atoms with Crippen LogP contribution in [-0.2, 0) is 6.42 Å². The summed E-state index contributed by atoms with van der Waals surface area (Å²) in [6.45, 7) is 2.58. The molecule has 0 aromatic heterocycles. The summed E-state index contributed by atoms with van der Waals surface area (Å²) in [5, 5.41) is 9.61. The van der Waals surface area contributed by atoms with Crippen molar-refractivity contribution in [3.8, 4) is 5.75 Å². The lowest BCUT2D eigenvalue weighted by atomic mass is 10.1. The van der Waals surface area contributed by atoms with Gasteiger partial charge in [-0.05, 0) is 48.7 Å². The zero-order valence-electron chi connectivity index (χ0n) is 11.6. The van der Waals surface area contributed by atoms with Crippen molar-refractivity contribution in [3.05, 3.63) is 52.0 Å². The van der Waals surface area contributed by atoms with Gasteiger partial charge in [-0.2, -0.15) is 0 Å². The Morgan fingerprint density at radius 2 is 2.10 bits per heavy atom. The van der Waals surface area contributed by atoms with Gasteiger partial charge in [0.1, 0.15) is 5.75 Å². The molecular formula is C16H15ClN2O2. The number of hydrogen-bond donors (Lipinski definition) is 2. The van der Waals surface area contributed by atoms with Gasteiger partial charge in [0.15, 0.2) is 0 Å². The quantitative estimate of drug-likeness (QED) is 0.795. The summed E-state index contributed by atoms with van der Waals surface area (Å²) < 4.78 is 0. The fourth-order valence-corrected chi connectivity index (χ4v) is 2.76. The number of phenolic OH excluding ortho intramolecular Hbond substituents is 1. The molecule has 0 bridgehead atoms. The smallest absolute Gasteiger partial charge is 0.258 e. The van der Waals surface area contributed by atoms with Crippen LogP contribution < -0.4 is 10.6 Å². The number of hydrogen-bond acceptors (Lipinski definition) is 3. The fourth-order valence-electron chi connectivity index (χ4n) is 2.58. The molecule has 0 saturated heterocycles. The van der Waals surface area contributed by atoms with E-state index in [1.54, 1.807) is 11.0 Å². The molecule has 1 aliphatic heterocycles. The number of phenols is 1. The number of rotatable bonds is 1. The first-order valence-corrected chi connectivity index (χ1v) is 7.04. The molecule has 5 heteroatoms. The highest BCUT2D eigenvalue weighted by molar-refractivity contribution is 6.32. The molecule has 1 aliphatic rings. The third-order valence-electron chi connectivity index (χ3n) is 3.80. The minimum absolute atomic E-state index is 0.0325. The van der Waals surface area contributed by atoms with Gasteiger partial charge in [-0.1, -0.05) is 17.7 Å². The molecule has 108 valence electrons. The number of amides is 1. The highest BCUT2D eigenvalue weighted by Crippen LogP contribution is 2.33. The Hall–Kier alpha value is -2.20. The lowest BCUT2D eigenvalue weighted by Gasteiger charge is -2.18. The van der Waals surface area contributed by atoms with Gasteiger partial charge in [-0.15, -0.1) is 0 Å². The second-order valence-corrected chi connectivity index (χ2v) is 5.62. The van der Waals surface area contributed by atoms with Crippen molar-refractivity contribution >= 4 is 28.9 Å². The number of aryl methyl sites for hydroxylation is 1. The second kappa shape index (κ2) is 4.97. The van der Waals surface area contributed by atoms with Crippen LogP contribution in [0.3, 0.4) is 0 Å². The average Bonchev–Trinajstić information content (AvgIpc) is 2.84. The first-order chi connectivity index (χ1) is 9.97. The predicted molar refractivity (Wildman–Crippen MR) is 84.1 cm³/mol. The molecule has 0 spiro atoms. The van der Waals surface area contributed by atoms with Gasteiger partial charge in [0, 0.05) is 23.5 Å². The van der Waals surface area contributed by atoms with Gasteiger partial charge in [0.2, 0.25) is 0 Å². The van der Waals surface area contributed by atoms with Gasteiger partial charge >= 0.3 is 0 Å². The summed E-state index contributed by atoms with van der Waals surface area (Å²) in [5.74, 6) is -0.172. The van der Waals surface area contributed by atoms with Crippen LogP contribution in [-0.4, -0.2) is 17.6 Å². The number of nitrogen functional groups attached to an aromatic ring is 1. The lowest BCUT2D eigenvalue weighted by molar-refractivity contribution is 0.0989. The third kappa shape index (κ3) is 2.32. The Balaban J connectivity index is 1.98. The minimum Gasteiger partial charge on any atom is -0.506 e. The van der Waals surface area contributed by atoms with Crippen molar-refractivity contribution in [2.75, 3.05) is 17.2 Å². The molecular weight excluding hydrogens is 288 g/mol. The minimum atomic E-state index is -0.140. The van der Waals surface area contributed by atoms with E-state index >= 15 is 0 Å². The predicted octanol–water partition coefficient (Wildman–Crippen LogP) is 3.14. The Labute approximate surface area is 127 Å². The number of benzene rings is 2. The van der Waals surface area contributed by atoms with Crippen LogP contribution in [0, 0.1) is 6.92 Å². The van der Waals surface area contributed by atoms with Crippen molar-refractivity contribution in [1.82, 2.24) is 0 Å². The van der Waals surface area contributed by atoms with Crippen molar-refractivity contribution in [2.24, 2.45) is 0 Å². The topological polar surface area (TPSA) is 66.6 Å². The third-order valence-corrected chi connectivity index (χ3v) is 4.11. The molecule has 0 fully saturated rings. The standard InChI is InChI=1S/C16H15ClN2O2/c1-9-6-10-4-5-19(14(10)8-13(9)18)16(21)11-2-3-15(20)12(17)7-11/h2-3,6-8,20H,4-5,18H2,1H3. The Morgan fingerprint density at radius 3 is 2.81 bits per heavy atom. The summed E-state index contributed by atoms with van der Waals surface area (Å²) >= 11 is 5.87. The van der Waals surface area contributed by atoms with E-state index in [1.807, 2.05) is 19.1 Å². The maximum absolute atomic E-state index is 12.6. The fraction of sp³-hybridized carbons (Fsp3) is 0.188. The van der Waals surface area contributed by atoms with Crippen LogP contribution in [0.2, 0.25) is 5.02 Å². The molecule has 2 aromatic rings. The van der Waals surface area contributed by atoms with E-state index in [2.05, 4.69) is 0 Å². The van der Waals surface area contributed by atoms with Crippen molar-refractivity contribution in [2.45, 2.75) is 13.3 Å². The van der Waals surface area contributed by atoms with E-state index in [0.717, 1.165) is 23.2 Å². The van der Waals surface area contributed by atoms with Crippen molar-refractivity contribution in [1.29, 1.82) is 0 Å². The summed E-state index contributed by atoms with van der Waals surface area (Å²) in [4.78, 5) is 14.3. The number of nitrogens with two attached hydrogens (primary N) is 1. The molecule has 4 nitrogen and oxygen atoms in total. The molecule has 0 unspecified atom stereocenters. The van der Waals surface area contributed by atoms with E-state index in [0.29, 0.717) is 17.8 Å². The summed E-state index contributed by atoms with van der Waals surface area (Å²) in [7, 11) is 0. The molecule has 0 radical (unpaired) electrons. The van der Waals surface area contributed by atoms with Crippen LogP contribution in [0.15, 0.2) is 30.3 Å². The SMILES string of the molecule is Cc1cc2c(cc1N)N(C(=O)c1ccc(O)c(Cl)c1)CC2. The highest BCUT2D eigenvalue weighted by Gasteiger charge is 2.26. The zero-order chi connectivity index (χ0) is 15.1. The van der Waals surface area contributed by atoms with Crippen LogP contribution in [0.25, 0.3) is 0 Å². The largest absolute Gasteiger partial charge is 0.506 e. The van der Waals surface area contributed by atoms with Crippen molar-refractivity contribution < 1.29 is 9.90 Å². The molecule has 1 heterocycles. The van der Waals surface area contributed by atoms with Gasteiger partial charge in [-0.3, -0.25) is 4.79 Å². The maximum Gasteiger partial charge on any atom is 0.258 e. The summed E-state index contributed by atoms with van der Waals surface area (Å²) in [6.07, 6.45) is 0.814. The molecule has 0 aliphatic carbocycles. The van der Waals surface area contributed by atoms with E-state index in [9.17, 15) is 9.90 Å². The molecule has 1 amide bonds. The number of halogens is 1. The Bertz CT molecular complexity index is 743. The molecule has 0 atom stereocenters. The van der Waals surface area contributed by atoms with Gasteiger partial charge in [0.25, 0.3) is 5.91 Å². The van der Waals surface area contributed by atoms with E-state index in [4.69, 9.17) is 17.3 Å². The highest BCUT2D eigenvalue weighted by atomic mass is 35.5. The number of nitrogens with zero attached hydrogens (tertiary/aromatic N) is 1. The molecule has 3 N–H and O–H groups in total. The lowest BCUT2D eigenvalue weighted by Crippen LogP contribution is -2.28. The summed E-state index contributed by atoms with van der Waals surface area (Å²) in [5.41, 5.74) is 10.1. The first kappa shape index (κ1) is 13.8. The molecule has 0 saturated carbocycles. The zero-order valence-corrected chi connectivity index (χ0v) is 12.3. The molecule has 21 heavy (non-hydrogen) atoms. The molecule has 3 rings (SSSR count). The van der Waals surface area contributed by atoms with Gasteiger partial charge < -0.3 is 15.7 Å². The van der Waals surface area contributed by atoms with E-state index in [1.165, 1.54) is 12.1 Å². The van der Waals surface area contributed by atoms with Crippen LogP contribution in [0.4, 0.5) is 11.4 Å². The number of carbonyl (C=O) groups excluding carboxylic acids is 1. The van der Waals surface area contributed by atoms with Gasteiger partial charge in [0.05, 0.1) is 5.02 Å².